The summed E-state index contributed by atoms with van der Waals surface area (Å²) in [5.74, 6) is -4.92. The fourth-order valence-corrected chi connectivity index (χ4v) is 2.29. The monoisotopic (exact) mass is 296 g/mol. The highest BCUT2D eigenvalue weighted by Crippen LogP contribution is 2.44. The molecule has 1 aliphatic heterocycles. The van der Waals surface area contributed by atoms with Crippen molar-refractivity contribution in [2.75, 3.05) is 6.61 Å². The maximum absolute atomic E-state index is 14.2. The summed E-state index contributed by atoms with van der Waals surface area (Å²) >= 11 is 0. The molecular formula is C15H11F3O3. The van der Waals surface area contributed by atoms with Gasteiger partial charge in [-0.25, -0.2) is 0 Å². The standard InChI is InChI=1S/C15H11F3O3/c1-2-20-10-4-3-7-5-8-6-9(19)11(16)13(18)15(8)21-14(7)12(10)17/h3-4,6,19H,2,5H2,1H3. The first-order valence-corrected chi connectivity index (χ1v) is 6.34. The summed E-state index contributed by atoms with van der Waals surface area (Å²) in [4.78, 5) is 0. The Bertz CT molecular complexity index is 729. The maximum atomic E-state index is 14.2. The van der Waals surface area contributed by atoms with Crippen LogP contribution in [0.2, 0.25) is 0 Å². The highest BCUT2D eigenvalue weighted by atomic mass is 19.2. The molecule has 0 bridgehead atoms. The number of phenolic OH excluding ortho intramolecular Hbond substituents is 1. The van der Waals surface area contributed by atoms with Gasteiger partial charge in [0, 0.05) is 17.5 Å². The summed E-state index contributed by atoms with van der Waals surface area (Å²) in [7, 11) is 0. The van der Waals surface area contributed by atoms with Gasteiger partial charge in [0.15, 0.2) is 23.0 Å². The number of benzene rings is 2. The van der Waals surface area contributed by atoms with E-state index in [1.54, 1.807) is 13.0 Å². The lowest BCUT2D eigenvalue weighted by atomic mass is 9.99. The highest BCUT2D eigenvalue weighted by molar-refractivity contribution is 5.55. The van der Waals surface area contributed by atoms with Gasteiger partial charge in [-0.3, -0.25) is 0 Å². The average Bonchev–Trinajstić information content (AvgIpc) is 2.47. The minimum atomic E-state index is -1.42. The van der Waals surface area contributed by atoms with Crippen LogP contribution in [0.25, 0.3) is 0 Å². The lowest BCUT2D eigenvalue weighted by Crippen LogP contribution is -2.09. The predicted octanol–water partition coefficient (Wildman–Crippen LogP) is 3.90. The SMILES string of the molecule is CCOc1ccc2c(c1F)Oc1c(cc(O)c(F)c1F)C2. The molecule has 3 nitrogen and oxygen atoms in total. The van der Waals surface area contributed by atoms with E-state index in [0.29, 0.717) is 5.56 Å². The van der Waals surface area contributed by atoms with Crippen LogP contribution in [-0.4, -0.2) is 11.7 Å². The topological polar surface area (TPSA) is 38.7 Å². The van der Waals surface area contributed by atoms with Crippen molar-refractivity contribution in [2.24, 2.45) is 0 Å². The van der Waals surface area contributed by atoms with Crippen LogP contribution in [0.4, 0.5) is 13.2 Å². The van der Waals surface area contributed by atoms with Gasteiger partial charge in [0.25, 0.3) is 0 Å². The van der Waals surface area contributed by atoms with Crippen LogP contribution < -0.4 is 9.47 Å². The first-order valence-electron chi connectivity index (χ1n) is 6.34. The zero-order chi connectivity index (χ0) is 15.1. The second-order valence-corrected chi connectivity index (χ2v) is 4.59. The first kappa shape index (κ1) is 13.6. The van der Waals surface area contributed by atoms with Crippen LogP contribution in [0.5, 0.6) is 23.0 Å². The molecule has 1 N–H and O–H groups in total. The number of ether oxygens (including phenoxy) is 2. The van der Waals surface area contributed by atoms with E-state index in [1.807, 2.05) is 0 Å². The Labute approximate surface area is 118 Å². The van der Waals surface area contributed by atoms with E-state index < -0.39 is 29.0 Å². The van der Waals surface area contributed by atoms with E-state index >= 15 is 0 Å². The van der Waals surface area contributed by atoms with Gasteiger partial charge in [-0.05, 0) is 19.1 Å². The van der Waals surface area contributed by atoms with Crippen molar-refractivity contribution >= 4 is 0 Å². The predicted molar refractivity (Wildman–Crippen MR) is 68.5 cm³/mol. The molecule has 0 atom stereocenters. The van der Waals surface area contributed by atoms with Gasteiger partial charge in [0.05, 0.1) is 6.61 Å². The normalized spacial score (nSPS) is 12.4. The van der Waals surface area contributed by atoms with Gasteiger partial charge in [0.2, 0.25) is 17.5 Å². The molecular weight excluding hydrogens is 285 g/mol. The van der Waals surface area contributed by atoms with Crippen LogP contribution in [0.1, 0.15) is 18.1 Å². The second-order valence-electron chi connectivity index (χ2n) is 4.59. The van der Waals surface area contributed by atoms with E-state index in [9.17, 15) is 18.3 Å². The summed E-state index contributed by atoms with van der Waals surface area (Å²) in [6.07, 6.45) is 0.124. The number of rotatable bonds is 2. The summed E-state index contributed by atoms with van der Waals surface area (Å²) in [5.41, 5.74) is 0.719. The van der Waals surface area contributed by atoms with Crippen LogP contribution in [0.3, 0.4) is 0 Å². The fraction of sp³-hybridized carbons (Fsp3) is 0.200. The van der Waals surface area contributed by atoms with Crippen LogP contribution >= 0.6 is 0 Å². The summed E-state index contributed by atoms with van der Waals surface area (Å²) in [6.45, 7) is 1.97. The molecule has 2 aromatic rings. The van der Waals surface area contributed by atoms with E-state index in [1.165, 1.54) is 6.07 Å². The minimum absolute atomic E-state index is 0.0145. The Balaban J connectivity index is 2.11. The molecule has 110 valence electrons. The van der Waals surface area contributed by atoms with Crippen LogP contribution in [0.15, 0.2) is 18.2 Å². The molecule has 3 rings (SSSR count). The molecule has 0 aromatic heterocycles. The van der Waals surface area contributed by atoms with Crippen molar-refractivity contribution in [3.05, 3.63) is 46.8 Å². The zero-order valence-corrected chi connectivity index (χ0v) is 11.0. The number of hydrogen-bond acceptors (Lipinski definition) is 3. The van der Waals surface area contributed by atoms with Gasteiger partial charge in [-0.15, -0.1) is 0 Å². The van der Waals surface area contributed by atoms with Gasteiger partial charge >= 0.3 is 0 Å². The van der Waals surface area contributed by atoms with Crippen molar-refractivity contribution in [1.29, 1.82) is 0 Å². The van der Waals surface area contributed by atoms with Crippen LogP contribution in [0, 0.1) is 17.5 Å². The third-order valence-electron chi connectivity index (χ3n) is 3.25. The third kappa shape index (κ3) is 2.07. The largest absolute Gasteiger partial charge is 0.505 e. The number of halogens is 3. The number of hydrogen-bond donors (Lipinski definition) is 1. The third-order valence-corrected chi connectivity index (χ3v) is 3.25. The van der Waals surface area contributed by atoms with Gasteiger partial charge < -0.3 is 14.6 Å². The molecule has 1 aliphatic rings. The molecule has 0 fully saturated rings. The van der Waals surface area contributed by atoms with Crippen LogP contribution in [-0.2, 0) is 6.42 Å². The van der Waals surface area contributed by atoms with E-state index in [-0.39, 0.29) is 30.1 Å². The Hall–Kier alpha value is -2.37. The zero-order valence-electron chi connectivity index (χ0n) is 11.0. The summed E-state index contributed by atoms with van der Waals surface area (Å²) in [6, 6.07) is 4.11. The Morgan fingerprint density at radius 2 is 1.81 bits per heavy atom. The summed E-state index contributed by atoms with van der Waals surface area (Å²) in [5, 5.41) is 9.31. The molecule has 2 aromatic carbocycles. The molecule has 0 amide bonds. The van der Waals surface area contributed by atoms with Crippen molar-refractivity contribution in [3.8, 4) is 23.0 Å². The van der Waals surface area contributed by atoms with Gasteiger partial charge in [0.1, 0.15) is 0 Å². The number of fused-ring (bicyclic) bond motifs is 2. The van der Waals surface area contributed by atoms with Gasteiger partial charge in [-0.2, -0.15) is 13.2 Å². The van der Waals surface area contributed by atoms with Crippen molar-refractivity contribution in [2.45, 2.75) is 13.3 Å². The molecule has 0 spiro atoms. The minimum Gasteiger partial charge on any atom is -0.505 e. The molecule has 0 saturated heterocycles. The molecule has 0 radical (unpaired) electrons. The van der Waals surface area contributed by atoms with Gasteiger partial charge in [-0.1, -0.05) is 6.07 Å². The molecule has 0 aliphatic carbocycles. The Morgan fingerprint density at radius 1 is 1.10 bits per heavy atom. The lowest BCUT2D eigenvalue weighted by molar-refractivity contribution is 0.308. The Morgan fingerprint density at radius 3 is 2.52 bits per heavy atom. The molecule has 6 heteroatoms. The fourth-order valence-electron chi connectivity index (χ4n) is 2.29. The number of phenols is 1. The average molecular weight is 296 g/mol. The molecule has 1 heterocycles. The number of aromatic hydroxyl groups is 1. The first-order chi connectivity index (χ1) is 10.0. The smallest absolute Gasteiger partial charge is 0.207 e. The molecule has 21 heavy (non-hydrogen) atoms. The van der Waals surface area contributed by atoms with Crippen molar-refractivity contribution in [1.82, 2.24) is 0 Å². The quantitative estimate of drug-likeness (QED) is 0.779. The Kier molecular flexibility index (Phi) is 3.16. The second kappa shape index (κ2) is 4.87. The van der Waals surface area contributed by atoms with E-state index in [0.717, 1.165) is 6.07 Å². The lowest BCUT2D eigenvalue weighted by Gasteiger charge is -2.22. The maximum Gasteiger partial charge on any atom is 0.207 e. The molecule has 0 saturated carbocycles. The van der Waals surface area contributed by atoms with E-state index in [4.69, 9.17) is 9.47 Å². The molecule has 0 unspecified atom stereocenters. The van der Waals surface area contributed by atoms with E-state index in [2.05, 4.69) is 0 Å². The highest BCUT2D eigenvalue weighted by Gasteiger charge is 2.28. The summed E-state index contributed by atoms with van der Waals surface area (Å²) < 4.78 is 51.7. The van der Waals surface area contributed by atoms with Crippen molar-refractivity contribution < 1.29 is 27.8 Å². The van der Waals surface area contributed by atoms with Crippen molar-refractivity contribution in [3.63, 3.8) is 0 Å².